The van der Waals surface area contributed by atoms with Crippen molar-refractivity contribution in [3.8, 4) is 5.75 Å². The van der Waals surface area contributed by atoms with Crippen molar-refractivity contribution in [1.29, 1.82) is 0 Å². The van der Waals surface area contributed by atoms with E-state index in [9.17, 15) is 9.90 Å². The van der Waals surface area contributed by atoms with Crippen molar-refractivity contribution in [2.75, 3.05) is 26.7 Å². The van der Waals surface area contributed by atoms with Gasteiger partial charge in [-0.3, -0.25) is 9.69 Å². The third-order valence-corrected chi connectivity index (χ3v) is 4.83. The maximum absolute atomic E-state index is 12.3. The van der Waals surface area contributed by atoms with Gasteiger partial charge >= 0.3 is 0 Å². The third kappa shape index (κ3) is 2.91. The van der Waals surface area contributed by atoms with Gasteiger partial charge in [0.05, 0.1) is 6.54 Å². The maximum atomic E-state index is 12.3. The lowest BCUT2D eigenvalue weighted by atomic mass is 9.86. The van der Waals surface area contributed by atoms with Gasteiger partial charge in [-0.25, -0.2) is 0 Å². The van der Waals surface area contributed by atoms with Crippen molar-refractivity contribution < 1.29 is 9.90 Å². The molecule has 114 valence electrons. The monoisotopic (exact) mass is 288 g/mol. The minimum atomic E-state index is 0.238. The van der Waals surface area contributed by atoms with Crippen molar-refractivity contribution in [1.82, 2.24) is 9.80 Å². The molecule has 1 aliphatic carbocycles. The largest absolute Gasteiger partial charge is 0.508 e. The number of phenols is 1. The highest BCUT2D eigenvalue weighted by atomic mass is 16.3. The van der Waals surface area contributed by atoms with Gasteiger partial charge in [0.2, 0.25) is 5.91 Å². The number of hydrogen-bond donors (Lipinski definition) is 1. The second-order valence-electron chi connectivity index (χ2n) is 6.26. The standard InChI is InChI=1S/C17H24N2O2/c1-18(12-17(21)19-10-2-3-11-19)15-8-4-7-14-13(15)6-5-9-16(14)20/h5-6,9,15,20H,2-4,7-8,10-12H2,1H3. The molecule has 0 bridgehead atoms. The van der Waals surface area contributed by atoms with E-state index in [0.29, 0.717) is 12.3 Å². The number of amides is 1. The highest BCUT2D eigenvalue weighted by molar-refractivity contribution is 5.78. The van der Waals surface area contributed by atoms with Gasteiger partial charge in [0, 0.05) is 19.1 Å². The normalized spacial score (nSPS) is 21.6. The molecule has 21 heavy (non-hydrogen) atoms. The lowest BCUT2D eigenvalue weighted by molar-refractivity contribution is -0.131. The summed E-state index contributed by atoms with van der Waals surface area (Å²) in [5.41, 5.74) is 2.26. The first-order valence-electron chi connectivity index (χ1n) is 7.95. The van der Waals surface area contributed by atoms with E-state index in [4.69, 9.17) is 0 Å². The van der Waals surface area contributed by atoms with Crippen LogP contribution in [0.3, 0.4) is 0 Å². The molecule has 1 aliphatic heterocycles. The Kier molecular flexibility index (Phi) is 4.15. The van der Waals surface area contributed by atoms with Crippen LogP contribution in [-0.2, 0) is 11.2 Å². The van der Waals surface area contributed by atoms with Gasteiger partial charge in [0.25, 0.3) is 0 Å². The van der Waals surface area contributed by atoms with E-state index >= 15 is 0 Å². The van der Waals surface area contributed by atoms with E-state index in [-0.39, 0.29) is 11.9 Å². The fraction of sp³-hybridized carbons (Fsp3) is 0.588. The summed E-state index contributed by atoms with van der Waals surface area (Å²) in [6.07, 6.45) is 5.33. The zero-order valence-electron chi connectivity index (χ0n) is 12.7. The molecule has 1 atom stereocenters. The van der Waals surface area contributed by atoms with Gasteiger partial charge in [-0.05, 0) is 56.3 Å². The molecule has 4 heteroatoms. The van der Waals surface area contributed by atoms with E-state index in [2.05, 4.69) is 11.0 Å². The number of aromatic hydroxyl groups is 1. The van der Waals surface area contributed by atoms with Crippen LogP contribution in [0.1, 0.15) is 42.9 Å². The zero-order valence-corrected chi connectivity index (χ0v) is 12.7. The Morgan fingerprint density at radius 3 is 2.86 bits per heavy atom. The smallest absolute Gasteiger partial charge is 0.236 e. The van der Waals surface area contributed by atoms with Gasteiger partial charge in [0.15, 0.2) is 0 Å². The van der Waals surface area contributed by atoms with Gasteiger partial charge in [-0.2, -0.15) is 0 Å². The fourth-order valence-corrected chi connectivity index (χ4v) is 3.65. The summed E-state index contributed by atoms with van der Waals surface area (Å²) in [6, 6.07) is 6.00. The second-order valence-corrected chi connectivity index (χ2v) is 6.26. The third-order valence-electron chi connectivity index (χ3n) is 4.83. The highest BCUT2D eigenvalue weighted by Gasteiger charge is 2.28. The van der Waals surface area contributed by atoms with Gasteiger partial charge in [-0.1, -0.05) is 12.1 Å². The Morgan fingerprint density at radius 1 is 1.33 bits per heavy atom. The first-order chi connectivity index (χ1) is 10.2. The van der Waals surface area contributed by atoms with E-state index in [0.717, 1.165) is 50.8 Å². The SMILES string of the molecule is CN(CC(=O)N1CCCC1)C1CCCc2c(O)cccc21. The first-order valence-corrected chi connectivity index (χ1v) is 7.95. The molecule has 1 N–H and O–H groups in total. The lowest BCUT2D eigenvalue weighted by Crippen LogP contribution is -2.39. The van der Waals surface area contributed by atoms with Crippen molar-refractivity contribution in [3.63, 3.8) is 0 Å². The Labute approximate surface area is 126 Å². The Morgan fingerprint density at radius 2 is 2.10 bits per heavy atom. The number of likely N-dealkylation sites (tertiary alicyclic amines) is 1. The van der Waals surface area contributed by atoms with Crippen LogP contribution in [0.2, 0.25) is 0 Å². The van der Waals surface area contributed by atoms with Gasteiger partial charge in [0.1, 0.15) is 5.75 Å². The van der Waals surface area contributed by atoms with Crippen LogP contribution in [0.5, 0.6) is 5.75 Å². The Bertz CT molecular complexity index is 524. The Hall–Kier alpha value is -1.55. The molecule has 1 heterocycles. The number of benzene rings is 1. The average molecular weight is 288 g/mol. The van der Waals surface area contributed by atoms with Crippen LogP contribution in [0.25, 0.3) is 0 Å². The number of likely N-dealkylation sites (N-methyl/N-ethyl adjacent to an activating group) is 1. The average Bonchev–Trinajstić information content (AvgIpc) is 3.01. The number of rotatable bonds is 3. The number of hydrogen-bond acceptors (Lipinski definition) is 3. The predicted molar refractivity (Wildman–Crippen MR) is 82.2 cm³/mol. The molecule has 0 radical (unpaired) electrons. The van der Waals surface area contributed by atoms with Crippen LogP contribution in [0.4, 0.5) is 0 Å². The van der Waals surface area contributed by atoms with Crippen LogP contribution in [-0.4, -0.2) is 47.5 Å². The van der Waals surface area contributed by atoms with Crippen LogP contribution in [0.15, 0.2) is 18.2 Å². The lowest BCUT2D eigenvalue weighted by Gasteiger charge is -2.34. The summed E-state index contributed by atoms with van der Waals surface area (Å²) in [4.78, 5) is 16.4. The number of carbonyl (C=O) groups is 1. The first kappa shape index (κ1) is 14.4. The van der Waals surface area contributed by atoms with Gasteiger partial charge in [-0.15, -0.1) is 0 Å². The Balaban J connectivity index is 1.72. The van der Waals surface area contributed by atoms with E-state index in [1.165, 1.54) is 5.56 Å². The molecule has 0 spiro atoms. The molecule has 1 fully saturated rings. The summed E-state index contributed by atoms with van der Waals surface area (Å²) in [5.74, 6) is 0.638. The maximum Gasteiger partial charge on any atom is 0.236 e. The highest BCUT2D eigenvalue weighted by Crippen LogP contribution is 2.37. The minimum Gasteiger partial charge on any atom is -0.508 e. The van der Waals surface area contributed by atoms with E-state index < -0.39 is 0 Å². The van der Waals surface area contributed by atoms with Crippen molar-refractivity contribution in [2.24, 2.45) is 0 Å². The topological polar surface area (TPSA) is 43.8 Å². The van der Waals surface area contributed by atoms with Crippen molar-refractivity contribution in [2.45, 2.75) is 38.1 Å². The van der Waals surface area contributed by atoms with Crippen molar-refractivity contribution >= 4 is 5.91 Å². The second kappa shape index (κ2) is 6.06. The van der Waals surface area contributed by atoms with Crippen molar-refractivity contribution in [3.05, 3.63) is 29.3 Å². The zero-order chi connectivity index (χ0) is 14.8. The molecule has 0 saturated carbocycles. The molecule has 1 aromatic carbocycles. The fourth-order valence-electron chi connectivity index (χ4n) is 3.65. The van der Waals surface area contributed by atoms with Crippen LogP contribution >= 0.6 is 0 Å². The molecule has 1 amide bonds. The number of fused-ring (bicyclic) bond motifs is 1. The summed E-state index contributed by atoms with van der Waals surface area (Å²) < 4.78 is 0. The molecule has 3 rings (SSSR count). The molecule has 1 unspecified atom stereocenters. The van der Waals surface area contributed by atoms with Crippen LogP contribution < -0.4 is 0 Å². The number of carbonyl (C=O) groups excluding carboxylic acids is 1. The molecular weight excluding hydrogens is 264 g/mol. The van der Waals surface area contributed by atoms with Gasteiger partial charge < -0.3 is 10.0 Å². The number of nitrogens with zero attached hydrogens (tertiary/aromatic N) is 2. The molecule has 1 aromatic rings. The summed E-state index contributed by atoms with van der Waals surface area (Å²) in [7, 11) is 2.03. The van der Waals surface area contributed by atoms with E-state index in [1.807, 2.05) is 18.0 Å². The molecule has 0 aromatic heterocycles. The summed E-state index contributed by atoms with van der Waals surface area (Å²) >= 11 is 0. The number of phenolic OH excluding ortho intramolecular Hbond substituents is 1. The molecule has 1 saturated heterocycles. The molecule has 4 nitrogen and oxygen atoms in total. The predicted octanol–water partition coefficient (Wildman–Crippen LogP) is 2.32. The molecular formula is C17H24N2O2. The van der Waals surface area contributed by atoms with E-state index in [1.54, 1.807) is 6.07 Å². The quantitative estimate of drug-likeness (QED) is 0.928. The summed E-state index contributed by atoms with van der Waals surface area (Å²) in [5, 5.41) is 10.0. The molecule has 2 aliphatic rings. The minimum absolute atomic E-state index is 0.238. The summed E-state index contributed by atoms with van der Waals surface area (Å²) in [6.45, 7) is 2.29. The van der Waals surface area contributed by atoms with Crippen LogP contribution in [0, 0.1) is 0 Å².